The van der Waals surface area contributed by atoms with E-state index in [2.05, 4.69) is 20.9 Å². The molecule has 0 saturated carbocycles. The Kier molecular flexibility index (Phi) is 11.6. The number of para-hydroxylation sites is 1. The molecule has 1 aromatic carbocycles. The van der Waals surface area contributed by atoms with Crippen LogP contribution in [0.15, 0.2) is 30.5 Å². The van der Waals surface area contributed by atoms with Crippen LogP contribution in [-0.4, -0.2) is 74.9 Å². The van der Waals surface area contributed by atoms with Crippen molar-refractivity contribution in [3.05, 3.63) is 36.0 Å². The number of aromatic amines is 1. The van der Waals surface area contributed by atoms with E-state index in [0.29, 0.717) is 12.0 Å². The van der Waals surface area contributed by atoms with Gasteiger partial charge in [-0.3, -0.25) is 24.0 Å². The molecule has 5 unspecified atom stereocenters. The summed E-state index contributed by atoms with van der Waals surface area (Å²) < 4.78 is 0. The Balaban J connectivity index is 2.22. The molecule has 14 nitrogen and oxygen atoms in total. The van der Waals surface area contributed by atoms with Gasteiger partial charge in [0, 0.05) is 29.9 Å². The number of carboxylic acids is 2. The van der Waals surface area contributed by atoms with Crippen LogP contribution in [0.2, 0.25) is 0 Å². The molecule has 0 aliphatic rings. The molecule has 5 atom stereocenters. The minimum absolute atomic E-state index is 0.0609. The lowest BCUT2D eigenvalue weighted by molar-refractivity contribution is -0.142. The van der Waals surface area contributed by atoms with Crippen LogP contribution in [0.4, 0.5) is 0 Å². The summed E-state index contributed by atoms with van der Waals surface area (Å²) in [6.45, 7) is 3.42. The van der Waals surface area contributed by atoms with Crippen molar-refractivity contribution in [1.29, 1.82) is 0 Å². The summed E-state index contributed by atoms with van der Waals surface area (Å²) in [6, 6.07) is 1.92. The number of nitrogens with two attached hydrogens (primary N) is 2. The average Bonchev–Trinajstić information content (AvgIpc) is 3.30. The molecule has 4 amide bonds. The van der Waals surface area contributed by atoms with Crippen molar-refractivity contribution in [3.8, 4) is 0 Å². The van der Waals surface area contributed by atoms with Gasteiger partial charge in [0.05, 0.1) is 12.5 Å². The van der Waals surface area contributed by atoms with Crippen LogP contribution in [-0.2, 0) is 35.2 Å². The highest BCUT2D eigenvalue weighted by Crippen LogP contribution is 2.19. The van der Waals surface area contributed by atoms with E-state index in [1.807, 2.05) is 18.2 Å². The Morgan fingerprint density at radius 1 is 0.950 bits per heavy atom. The normalized spacial score (nSPS) is 14.8. The molecule has 0 bridgehead atoms. The molecule has 10 N–H and O–H groups in total. The van der Waals surface area contributed by atoms with Crippen molar-refractivity contribution >= 4 is 46.5 Å². The maximum atomic E-state index is 13.2. The van der Waals surface area contributed by atoms with Crippen LogP contribution in [0.1, 0.15) is 45.1 Å². The predicted molar refractivity (Wildman–Crippen MR) is 144 cm³/mol. The maximum absolute atomic E-state index is 13.2. The van der Waals surface area contributed by atoms with E-state index >= 15 is 0 Å². The van der Waals surface area contributed by atoms with Gasteiger partial charge in [-0.1, -0.05) is 38.5 Å². The fourth-order valence-electron chi connectivity index (χ4n) is 4.05. The average molecular weight is 561 g/mol. The van der Waals surface area contributed by atoms with E-state index in [-0.39, 0.29) is 19.3 Å². The van der Waals surface area contributed by atoms with E-state index in [4.69, 9.17) is 16.6 Å². The molecular weight excluding hydrogens is 524 g/mol. The van der Waals surface area contributed by atoms with E-state index < -0.39 is 72.1 Å². The number of carboxylic acid groups (broad SMARTS) is 2. The van der Waals surface area contributed by atoms with Gasteiger partial charge in [0.2, 0.25) is 23.6 Å². The van der Waals surface area contributed by atoms with Crippen LogP contribution in [0, 0.1) is 5.92 Å². The third-order valence-corrected chi connectivity index (χ3v) is 6.55. The van der Waals surface area contributed by atoms with Crippen molar-refractivity contribution in [2.45, 2.75) is 70.1 Å². The molecule has 1 aromatic heterocycles. The van der Waals surface area contributed by atoms with Crippen molar-refractivity contribution in [3.63, 3.8) is 0 Å². The molecule has 1 heterocycles. The number of benzene rings is 1. The molecule has 14 heteroatoms. The highest BCUT2D eigenvalue weighted by molar-refractivity contribution is 5.95. The molecule has 40 heavy (non-hydrogen) atoms. The summed E-state index contributed by atoms with van der Waals surface area (Å²) in [6.07, 6.45) is 0.838. The van der Waals surface area contributed by atoms with Crippen LogP contribution in [0.5, 0.6) is 0 Å². The number of H-pyrrole nitrogens is 1. The van der Waals surface area contributed by atoms with Gasteiger partial charge in [0.25, 0.3) is 0 Å². The van der Waals surface area contributed by atoms with Crippen molar-refractivity contribution < 1.29 is 39.0 Å². The van der Waals surface area contributed by atoms with E-state index in [9.17, 15) is 33.9 Å². The summed E-state index contributed by atoms with van der Waals surface area (Å²) in [5.41, 5.74) is 12.3. The SMILES string of the molecule is CCC(C)C(NC(=O)C(N)CC(=O)O)C(=O)NC(CCC(N)=O)C(=O)NC(Cc1c[nH]c2ccccc12)C(=O)O. The highest BCUT2D eigenvalue weighted by atomic mass is 16.4. The second-order valence-corrected chi connectivity index (χ2v) is 9.61. The smallest absolute Gasteiger partial charge is 0.326 e. The van der Waals surface area contributed by atoms with Crippen LogP contribution in [0.3, 0.4) is 0 Å². The van der Waals surface area contributed by atoms with Crippen LogP contribution < -0.4 is 27.4 Å². The van der Waals surface area contributed by atoms with Crippen LogP contribution >= 0.6 is 0 Å². The third-order valence-electron chi connectivity index (χ3n) is 6.55. The number of carbonyl (C=O) groups excluding carboxylic acids is 4. The molecule has 0 aliphatic carbocycles. The topological polar surface area (TPSA) is 247 Å². The molecule has 0 spiro atoms. The molecule has 0 fully saturated rings. The van der Waals surface area contributed by atoms with Gasteiger partial charge in [-0.05, 0) is 24.0 Å². The maximum Gasteiger partial charge on any atom is 0.326 e. The molecular formula is C26H36N6O8. The first-order chi connectivity index (χ1) is 18.8. The molecule has 2 rings (SSSR count). The van der Waals surface area contributed by atoms with E-state index in [1.54, 1.807) is 26.1 Å². The van der Waals surface area contributed by atoms with Gasteiger partial charge in [-0.25, -0.2) is 4.79 Å². The highest BCUT2D eigenvalue weighted by Gasteiger charge is 2.33. The summed E-state index contributed by atoms with van der Waals surface area (Å²) >= 11 is 0. The van der Waals surface area contributed by atoms with Gasteiger partial charge in [0.1, 0.15) is 18.1 Å². The summed E-state index contributed by atoms with van der Waals surface area (Å²) in [4.78, 5) is 76.2. The van der Waals surface area contributed by atoms with E-state index in [0.717, 1.165) is 10.9 Å². The first-order valence-electron chi connectivity index (χ1n) is 12.8. The first kappa shape index (κ1) is 31.8. The quantitative estimate of drug-likeness (QED) is 0.130. The summed E-state index contributed by atoms with van der Waals surface area (Å²) in [5, 5.41) is 26.8. The number of carbonyl (C=O) groups is 6. The Morgan fingerprint density at radius 2 is 1.60 bits per heavy atom. The Hall–Kier alpha value is -4.46. The molecule has 0 aliphatic heterocycles. The monoisotopic (exact) mass is 560 g/mol. The van der Waals surface area contributed by atoms with Crippen molar-refractivity contribution in [1.82, 2.24) is 20.9 Å². The Bertz CT molecular complexity index is 1240. The number of amides is 4. The number of fused-ring (bicyclic) bond motifs is 1. The van der Waals surface area contributed by atoms with Gasteiger partial charge in [0.15, 0.2) is 0 Å². The first-order valence-corrected chi connectivity index (χ1v) is 12.8. The van der Waals surface area contributed by atoms with Crippen molar-refractivity contribution in [2.75, 3.05) is 0 Å². The largest absolute Gasteiger partial charge is 0.481 e. The van der Waals surface area contributed by atoms with E-state index in [1.165, 1.54) is 0 Å². The predicted octanol–water partition coefficient (Wildman–Crippen LogP) is -0.637. The second kappa shape index (κ2) is 14.6. The summed E-state index contributed by atoms with van der Waals surface area (Å²) in [5.74, 6) is -6.32. The number of hydrogen-bond acceptors (Lipinski definition) is 7. The zero-order valence-corrected chi connectivity index (χ0v) is 22.3. The zero-order valence-electron chi connectivity index (χ0n) is 22.3. The summed E-state index contributed by atoms with van der Waals surface area (Å²) in [7, 11) is 0. The van der Waals surface area contributed by atoms with Gasteiger partial charge in [-0.2, -0.15) is 0 Å². The minimum atomic E-state index is -1.41. The molecule has 0 radical (unpaired) electrons. The number of primary amides is 1. The lowest BCUT2D eigenvalue weighted by atomic mass is 9.97. The molecule has 2 aromatic rings. The molecule has 218 valence electrons. The zero-order chi connectivity index (χ0) is 30.0. The van der Waals surface area contributed by atoms with Gasteiger partial charge >= 0.3 is 11.9 Å². The van der Waals surface area contributed by atoms with Crippen molar-refractivity contribution in [2.24, 2.45) is 17.4 Å². The number of nitrogens with one attached hydrogen (secondary N) is 4. The fourth-order valence-corrected chi connectivity index (χ4v) is 4.05. The third kappa shape index (κ3) is 9.08. The Labute approximate surface area is 230 Å². The van der Waals surface area contributed by atoms with Gasteiger partial charge < -0.3 is 42.6 Å². The molecule has 0 saturated heterocycles. The fraction of sp³-hybridized carbons (Fsp3) is 0.462. The number of hydrogen-bond donors (Lipinski definition) is 8. The Morgan fingerprint density at radius 3 is 2.20 bits per heavy atom. The minimum Gasteiger partial charge on any atom is -0.481 e. The number of aromatic nitrogens is 1. The standard InChI is InChI=1S/C26H36N6O8/c1-3-13(2)22(32-23(36)16(27)11-21(34)35)25(38)30-18(8-9-20(28)33)24(37)31-19(26(39)40)10-14-12-29-17-7-5-4-6-15(14)17/h4-7,12-13,16,18-19,22,29H,3,8-11,27H2,1-2H3,(H2,28,33)(H,30,38)(H,31,37)(H,32,36)(H,34,35)(H,39,40). The number of aliphatic carboxylic acids is 2. The second-order valence-electron chi connectivity index (χ2n) is 9.61. The lowest BCUT2D eigenvalue weighted by Crippen LogP contribution is -2.59. The van der Waals surface area contributed by atoms with Crippen LogP contribution in [0.25, 0.3) is 10.9 Å². The number of rotatable bonds is 16. The van der Waals surface area contributed by atoms with Gasteiger partial charge in [-0.15, -0.1) is 0 Å². The lowest BCUT2D eigenvalue weighted by Gasteiger charge is -2.27.